The predicted octanol–water partition coefficient (Wildman–Crippen LogP) is 2.01. The molecule has 1 aliphatic rings. The van der Waals surface area contributed by atoms with Gasteiger partial charge in [0.2, 0.25) is 0 Å². The molecule has 1 atom stereocenters. The fraction of sp³-hybridized carbons (Fsp3) is 0.350. The van der Waals surface area contributed by atoms with Gasteiger partial charge in [0.25, 0.3) is 0 Å². The van der Waals surface area contributed by atoms with Crippen LogP contribution in [0, 0.1) is 0 Å². The lowest BCUT2D eigenvalue weighted by molar-refractivity contribution is 0.0596. The molecule has 1 saturated heterocycles. The van der Waals surface area contributed by atoms with E-state index in [2.05, 4.69) is 15.1 Å². The Hall–Kier alpha value is -3.69. The number of methoxy groups -OCH3 is 1. The second-order valence-corrected chi connectivity index (χ2v) is 7.04. The molecule has 1 amide bonds. The van der Waals surface area contributed by atoms with E-state index < -0.39 is 5.97 Å². The van der Waals surface area contributed by atoms with Gasteiger partial charge in [-0.05, 0) is 18.4 Å². The van der Waals surface area contributed by atoms with Crippen LogP contribution in [0.2, 0.25) is 0 Å². The van der Waals surface area contributed by atoms with E-state index in [1.807, 2.05) is 30.3 Å². The number of piperidine rings is 1. The molecule has 0 bridgehead atoms. The standard InChI is InChI=1S/C20H22N6O4/c1-29-19(27)15-16-17(21)22-12-23-26(16)18(24-15)14-8-5-9-25(10-14)20(28)30-11-13-6-3-2-4-7-13/h2-4,6-7,12,14H,5,8-11H2,1H3,(H2,21,22,23)/t14-/m1/s1. The summed E-state index contributed by atoms with van der Waals surface area (Å²) in [5.41, 5.74) is 7.26. The third kappa shape index (κ3) is 3.76. The number of fused-ring (bicyclic) bond motifs is 1. The van der Waals surface area contributed by atoms with Crippen molar-refractivity contribution in [3.8, 4) is 0 Å². The number of hydrogen-bond donors (Lipinski definition) is 1. The number of nitrogen functional groups attached to an aromatic ring is 1. The molecule has 2 N–H and O–H groups in total. The Morgan fingerprint density at radius 1 is 1.27 bits per heavy atom. The van der Waals surface area contributed by atoms with Crippen LogP contribution < -0.4 is 5.73 Å². The van der Waals surface area contributed by atoms with Crippen LogP contribution in [0.1, 0.15) is 40.6 Å². The third-order valence-corrected chi connectivity index (χ3v) is 5.11. The van der Waals surface area contributed by atoms with Gasteiger partial charge in [-0.1, -0.05) is 30.3 Å². The third-order valence-electron chi connectivity index (χ3n) is 5.11. The van der Waals surface area contributed by atoms with Crippen molar-refractivity contribution in [1.82, 2.24) is 24.5 Å². The maximum Gasteiger partial charge on any atom is 0.410 e. The molecule has 3 aromatic rings. The smallest absolute Gasteiger partial charge is 0.410 e. The molecule has 0 unspecified atom stereocenters. The summed E-state index contributed by atoms with van der Waals surface area (Å²) >= 11 is 0. The molecule has 156 valence electrons. The largest absolute Gasteiger partial charge is 0.464 e. The van der Waals surface area contributed by atoms with Gasteiger partial charge < -0.3 is 20.1 Å². The molecule has 10 heteroatoms. The molecule has 0 spiro atoms. The lowest BCUT2D eigenvalue weighted by atomic mass is 9.98. The maximum absolute atomic E-state index is 12.6. The summed E-state index contributed by atoms with van der Waals surface area (Å²) in [5, 5.41) is 4.22. The number of anilines is 1. The number of nitrogens with two attached hydrogens (primary N) is 1. The van der Waals surface area contributed by atoms with Gasteiger partial charge in [0.1, 0.15) is 24.3 Å². The highest BCUT2D eigenvalue weighted by Gasteiger charge is 2.31. The van der Waals surface area contributed by atoms with Crippen LogP contribution in [-0.2, 0) is 16.1 Å². The molecule has 0 aliphatic carbocycles. The summed E-state index contributed by atoms with van der Waals surface area (Å²) in [6, 6.07) is 9.52. The van der Waals surface area contributed by atoms with Gasteiger partial charge in [0, 0.05) is 19.0 Å². The van der Waals surface area contributed by atoms with Crippen LogP contribution >= 0.6 is 0 Å². The predicted molar refractivity (Wildman–Crippen MR) is 107 cm³/mol. The summed E-state index contributed by atoms with van der Waals surface area (Å²) in [6.45, 7) is 1.20. The number of amides is 1. The van der Waals surface area contributed by atoms with Crippen LogP contribution in [-0.4, -0.2) is 56.7 Å². The van der Waals surface area contributed by atoms with E-state index in [-0.39, 0.29) is 30.1 Å². The molecular weight excluding hydrogens is 388 g/mol. The number of likely N-dealkylation sites (tertiary alicyclic amines) is 1. The highest BCUT2D eigenvalue weighted by molar-refractivity contribution is 5.98. The fourth-order valence-corrected chi connectivity index (χ4v) is 3.64. The van der Waals surface area contributed by atoms with Crippen molar-refractivity contribution < 1.29 is 19.1 Å². The second kappa shape index (κ2) is 8.36. The number of hydrogen-bond acceptors (Lipinski definition) is 8. The van der Waals surface area contributed by atoms with Crippen molar-refractivity contribution in [2.45, 2.75) is 25.4 Å². The Morgan fingerprint density at radius 2 is 2.07 bits per heavy atom. The highest BCUT2D eigenvalue weighted by Crippen LogP contribution is 2.29. The van der Waals surface area contributed by atoms with E-state index in [1.165, 1.54) is 18.0 Å². The Bertz CT molecular complexity index is 1070. The average molecular weight is 410 g/mol. The SMILES string of the molecule is COC(=O)c1nc([C@@H]2CCCN(C(=O)OCc3ccccc3)C2)n2ncnc(N)c12. The molecule has 2 aromatic heterocycles. The first-order valence-electron chi connectivity index (χ1n) is 9.61. The first kappa shape index (κ1) is 19.6. The van der Waals surface area contributed by atoms with Crippen LogP contribution in [0.15, 0.2) is 36.7 Å². The van der Waals surface area contributed by atoms with E-state index >= 15 is 0 Å². The highest BCUT2D eigenvalue weighted by atomic mass is 16.6. The van der Waals surface area contributed by atoms with Crippen LogP contribution in [0.3, 0.4) is 0 Å². The minimum absolute atomic E-state index is 0.0642. The second-order valence-electron chi connectivity index (χ2n) is 7.04. The minimum atomic E-state index is -0.616. The number of benzene rings is 1. The van der Waals surface area contributed by atoms with Gasteiger partial charge in [0.05, 0.1) is 7.11 Å². The lowest BCUT2D eigenvalue weighted by Crippen LogP contribution is -2.39. The van der Waals surface area contributed by atoms with E-state index in [4.69, 9.17) is 15.2 Å². The van der Waals surface area contributed by atoms with Crippen LogP contribution in [0.5, 0.6) is 0 Å². The van der Waals surface area contributed by atoms with Gasteiger partial charge >= 0.3 is 12.1 Å². The molecule has 0 saturated carbocycles. The molecule has 1 aromatic carbocycles. The van der Waals surface area contributed by atoms with E-state index in [0.29, 0.717) is 24.4 Å². The van der Waals surface area contributed by atoms with Gasteiger partial charge in [0.15, 0.2) is 11.5 Å². The van der Waals surface area contributed by atoms with E-state index in [1.54, 1.807) is 4.90 Å². The first-order valence-corrected chi connectivity index (χ1v) is 9.61. The van der Waals surface area contributed by atoms with Gasteiger partial charge in [-0.15, -0.1) is 0 Å². The maximum atomic E-state index is 12.6. The normalized spacial score (nSPS) is 16.4. The van der Waals surface area contributed by atoms with Crippen molar-refractivity contribution in [1.29, 1.82) is 0 Å². The van der Waals surface area contributed by atoms with Crippen molar-refractivity contribution in [3.05, 3.63) is 53.7 Å². The molecule has 10 nitrogen and oxygen atoms in total. The number of aromatic nitrogens is 4. The molecule has 3 heterocycles. The monoisotopic (exact) mass is 410 g/mol. The number of carbonyl (C=O) groups is 2. The molecular formula is C20H22N6O4. The number of rotatable bonds is 4. The van der Waals surface area contributed by atoms with E-state index in [0.717, 1.165) is 18.4 Å². The Morgan fingerprint density at radius 3 is 2.83 bits per heavy atom. The number of imidazole rings is 1. The summed E-state index contributed by atoms with van der Waals surface area (Å²) in [4.78, 5) is 34.8. The quantitative estimate of drug-likeness (QED) is 0.648. The number of ether oxygens (including phenoxy) is 2. The van der Waals surface area contributed by atoms with Gasteiger partial charge in [-0.3, -0.25) is 0 Å². The number of nitrogens with zero attached hydrogens (tertiary/aromatic N) is 5. The molecule has 0 radical (unpaired) electrons. The lowest BCUT2D eigenvalue weighted by Gasteiger charge is -2.31. The zero-order valence-corrected chi connectivity index (χ0v) is 16.5. The zero-order valence-electron chi connectivity index (χ0n) is 16.5. The van der Waals surface area contributed by atoms with Crippen molar-refractivity contribution in [3.63, 3.8) is 0 Å². The van der Waals surface area contributed by atoms with Crippen molar-refractivity contribution in [2.24, 2.45) is 0 Å². The molecule has 4 rings (SSSR count). The molecule has 1 aliphatic heterocycles. The summed E-state index contributed by atoms with van der Waals surface area (Å²) in [5.74, 6) is -0.0717. The number of esters is 1. The average Bonchev–Trinajstić information content (AvgIpc) is 3.19. The Labute approximate surface area is 172 Å². The summed E-state index contributed by atoms with van der Waals surface area (Å²) in [7, 11) is 1.28. The molecule has 1 fully saturated rings. The fourth-order valence-electron chi connectivity index (χ4n) is 3.64. The topological polar surface area (TPSA) is 125 Å². The van der Waals surface area contributed by atoms with Crippen molar-refractivity contribution in [2.75, 3.05) is 25.9 Å². The zero-order chi connectivity index (χ0) is 21.1. The minimum Gasteiger partial charge on any atom is -0.464 e. The molecule has 30 heavy (non-hydrogen) atoms. The first-order chi connectivity index (χ1) is 14.6. The Kier molecular flexibility index (Phi) is 5.46. The summed E-state index contributed by atoms with van der Waals surface area (Å²) < 4.78 is 11.8. The Balaban J connectivity index is 1.55. The van der Waals surface area contributed by atoms with E-state index in [9.17, 15) is 9.59 Å². The van der Waals surface area contributed by atoms with Gasteiger partial charge in [-0.2, -0.15) is 5.10 Å². The van der Waals surface area contributed by atoms with Crippen LogP contribution in [0.4, 0.5) is 10.6 Å². The summed E-state index contributed by atoms with van der Waals surface area (Å²) in [6.07, 6.45) is 2.48. The van der Waals surface area contributed by atoms with Crippen molar-refractivity contribution >= 4 is 23.4 Å². The number of carbonyl (C=O) groups excluding carboxylic acids is 2. The van der Waals surface area contributed by atoms with Crippen LogP contribution in [0.25, 0.3) is 5.52 Å². The van der Waals surface area contributed by atoms with Gasteiger partial charge in [-0.25, -0.2) is 24.1 Å².